The Morgan fingerprint density at radius 2 is 2.16 bits per heavy atom. The lowest BCUT2D eigenvalue weighted by molar-refractivity contribution is -0.945. The van der Waals surface area contributed by atoms with Gasteiger partial charge in [0, 0.05) is 18.9 Å². The quantitative estimate of drug-likeness (QED) is 0.622. The minimum Gasteiger partial charge on any atom is -0.353 e. The summed E-state index contributed by atoms with van der Waals surface area (Å²) in [5, 5.41) is 11.7. The first-order chi connectivity index (χ1) is 12.2. The van der Waals surface area contributed by atoms with Crippen LogP contribution >= 0.6 is 0 Å². The maximum absolute atomic E-state index is 12.8. The van der Waals surface area contributed by atoms with Crippen LogP contribution in [0.5, 0.6) is 0 Å². The zero-order chi connectivity index (χ0) is 17.2. The van der Waals surface area contributed by atoms with Gasteiger partial charge in [-0.15, -0.1) is 5.10 Å². The van der Waals surface area contributed by atoms with E-state index in [1.165, 1.54) is 45.1 Å². The summed E-state index contributed by atoms with van der Waals surface area (Å²) in [5.74, 6) is 1.09. The Labute approximate surface area is 149 Å². The summed E-state index contributed by atoms with van der Waals surface area (Å²) < 4.78 is 1.97. The third-order valence-corrected chi connectivity index (χ3v) is 6.59. The van der Waals surface area contributed by atoms with Gasteiger partial charge in [0.2, 0.25) is 5.91 Å². The highest BCUT2D eigenvalue weighted by Gasteiger charge is 2.46. The van der Waals surface area contributed by atoms with Crippen molar-refractivity contribution in [1.29, 1.82) is 0 Å². The third-order valence-electron chi connectivity index (χ3n) is 6.59. The molecular weight excluding hydrogens is 316 g/mol. The van der Waals surface area contributed by atoms with E-state index < -0.39 is 0 Å². The summed E-state index contributed by atoms with van der Waals surface area (Å²) in [6, 6.07) is 0.996. The van der Waals surface area contributed by atoms with Gasteiger partial charge < -0.3 is 16.0 Å². The zero-order valence-corrected chi connectivity index (χ0v) is 15.1. The van der Waals surface area contributed by atoms with Gasteiger partial charge in [0.05, 0.1) is 31.7 Å². The molecule has 4 atom stereocenters. The number of aromatic nitrogens is 3. The Hall–Kier alpha value is -1.47. The molecule has 4 aliphatic rings. The predicted molar refractivity (Wildman–Crippen MR) is 92.3 cm³/mol. The number of carbonyl (C=O) groups is 1. The molecule has 0 radical (unpaired) electrons. The van der Waals surface area contributed by atoms with Gasteiger partial charge in [-0.1, -0.05) is 24.5 Å². The highest BCUT2D eigenvalue weighted by molar-refractivity contribution is 5.79. The van der Waals surface area contributed by atoms with Gasteiger partial charge >= 0.3 is 0 Å². The Kier molecular flexibility index (Phi) is 5.03. The molecular formula is C18H32N6O+2. The summed E-state index contributed by atoms with van der Waals surface area (Å²) in [5.41, 5.74) is 4.82. The number of nitrogens with one attached hydrogen (secondary N) is 2. The smallest absolute Gasteiger partial charge is 0.229 e. The second kappa shape index (κ2) is 7.41. The molecule has 138 valence electrons. The molecule has 3 saturated heterocycles. The molecule has 0 spiro atoms. The first-order valence-corrected chi connectivity index (χ1v) is 10.1. The normalized spacial score (nSPS) is 32.7. The number of amides is 1. The van der Waals surface area contributed by atoms with Crippen LogP contribution in [0.1, 0.15) is 50.6 Å². The molecule has 1 aliphatic carbocycles. The summed E-state index contributed by atoms with van der Waals surface area (Å²) in [6.07, 6.45) is 10.6. The molecule has 0 aromatic carbocycles. The molecule has 1 unspecified atom stereocenters. The van der Waals surface area contributed by atoms with Crippen molar-refractivity contribution in [2.45, 2.75) is 70.1 Å². The largest absolute Gasteiger partial charge is 0.353 e. The molecule has 25 heavy (non-hydrogen) atoms. The monoisotopic (exact) mass is 348 g/mol. The molecule has 1 saturated carbocycles. The second-order valence-electron chi connectivity index (χ2n) is 8.23. The van der Waals surface area contributed by atoms with Crippen molar-refractivity contribution in [3.63, 3.8) is 0 Å². The number of rotatable bonds is 5. The van der Waals surface area contributed by atoms with Gasteiger partial charge in [-0.05, 0) is 18.8 Å². The molecule has 5 N–H and O–H groups in total. The number of quaternary nitrogens is 2. The highest BCUT2D eigenvalue weighted by Crippen LogP contribution is 2.28. The van der Waals surface area contributed by atoms with Crippen molar-refractivity contribution in [2.24, 2.45) is 11.8 Å². The minimum absolute atomic E-state index is 0.216. The second-order valence-corrected chi connectivity index (χ2v) is 8.23. The van der Waals surface area contributed by atoms with Gasteiger partial charge in [-0.3, -0.25) is 4.79 Å². The number of piperidine rings is 3. The molecule has 5 rings (SSSR count). The van der Waals surface area contributed by atoms with E-state index in [0.29, 0.717) is 30.5 Å². The summed E-state index contributed by atoms with van der Waals surface area (Å²) >= 11 is 0. The average molecular weight is 348 g/mol. The van der Waals surface area contributed by atoms with E-state index in [1.807, 2.05) is 10.9 Å². The molecule has 4 fully saturated rings. The SMILES string of the molecule is [NH3+]Cc1cn(C[C@H]2C[C@H]3CC[NH+]2C[C@@H]3C(=O)NC2CCCCC2)nn1. The summed E-state index contributed by atoms with van der Waals surface area (Å²) in [6.45, 7) is 3.78. The van der Waals surface area contributed by atoms with Crippen LogP contribution in [0, 0.1) is 11.8 Å². The van der Waals surface area contributed by atoms with E-state index in [9.17, 15) is 4.79 Å². The maximum Gasteiger partial charge on any atom is 0.229 e. The fraction of sp³-hybridized carbons (Fsp3) is 0.833. The molecule has 2 bridgehead atoms. The van der Waals surface area contributed by atoms with Crippen LogP contribution in [0.2, 0.25) is 0 Å². The number of nitrogens with zero attached hydrogens (tertiary/aromatic N) is 3. The van der Waals surface area contributed by atoms with Gasteiger partial charge in [0.15, 0.2) is 0 Å². The third kappa shape index (κ3) is 3.72. The van der Waals surface area contributed by atoms with Gasteiger partial charge in [-0.25, -0.2) is 4.68 Å². The topological polar surface area (TPSA) is 91.9 Å². The van der Waals surface area contributed by atoms with Crippen molar-refractivity contribution in [2.75, 3.05) is 13.1 Å². The lowest BCUT2D eigenvalue weighted by Gasteiger charge is -2.46. The van der Waals surface area contributed by atoms with Gasteiger partial charge in [0.25, 0.3) is 0 Å². The fourth-order valence-corrected chi connectivity index (χ4v) is 5.14. The van der Waals surface area contributed by atoms with Crippen LogP contribution < -0.4 is 16.0 Å². The summed E-state index contributed by atoms with van der Waals surface area (Å²) in [4.78, 5) is 14.4. The number of carbonyl (C=O) groups excluding carboxylic acids is 1. The van der Waals surface area contributed by atoms with E-state index in [1.54, 1.807) is 4.90 Å². The van der Waals surface area contributed by atoms with Crippen molar-refractivity contribution in [3.8, 4) is 0 Å². The van der Waals surface area contributed by atoms with E-state index in [-0.39, 0.29) is 5.92 Å². The number of hydrogen-bond donors (Lipinski definition) is 3. The van der Waals surface area contributed by atoms with E-state index in [2.05, 4.69) is 21.4 Å². The van der Waals surface area contributed by atoms with Crippen molar-refractivity contribution >= 4 is 5.91 Å². The molecule has 1 aromatic heterocycles. The molecule has 3 aliphatic heterocycles. The fourth-order valence-electron chi connectivity index (χ4n) is 5.14. The van der Waals surface area contributed by atoms with Crippen molar-refractivity contribution in [3.05, 3.63) is 11.9 Å². The zero-order valence-electron chi connectivity index (χ0n) is 15.1. The van der Waals surface area contributed by atoms with Crippen molar-refractivity contribution < 1.29 is 15.4 Å². The maximum atomic E-state index is 12.8. The Morgan fingerprint density at radius 3 is 2.84 bits per heavy atom. The molecule has 1 aromatic rings. The minimum atomic E-state index is 0.216. The van der Waals surface area contributed by atoms with Crippen molar-refractivity contribution in [1.82, 2.24) is 20.3 Å². The first-order valence-electron chi connectivity index (χ1n) is 10.1. The molecule has 7 nitrogen and oxygen atoms in total. The Balaban J connectivity index is 1.33. The van der Waals surface area contributed by atoms with Crippen LogP contribution in [0.3, 0.4) is 0 Å². The highest BCUT2D eigenvalue weighted by atomic mass is 16.2. The summed E-state index contributed by atoms with van der Waals surface area (Å²) in [7, 11) is 0. The van der Waals surface area contributed by atoms with E-state index in [0.717, 1.165) is 25.2 Å². The van der Waals surface area contributed by atoms with Crippen LogP contribution in [0.4, 0.5) is 0 Å². The Morgan fingerprint density at radius 1 is 1.32 bits per heavy atom. The van der Waals surface area contributed by atoms with Crippen LogP contribution in [0.25, 0.3) is 0 Å². The number of hydrogen-bond acceptors (Lipinski definition) is 3. The predicted octanol–water partition coefficient (Wildman–Crippen LogP) is -1.24. The Bertz CT molecular complexity index is 596. The van der Waals surface area contributed by atoms with Crippen LogP contribution in [0.15, 0.2) is 6.20 Å². The van der Waals surface area contributed by atoms with E-state index >= 15 is 0 Å². The number of fused-ring (bicyclic) bond motifs is 3. The standard InChI is InChI=1S/C18H30N6O/c19-9-15-10-24(22-21-15)11-16-8-13-6-7-23(16)12-17(13)18(25)20-14-4-2-1-3-5-14/h10,13-14,16-17H,1-9,11-12,19H2,(H,20,25)/p+2/t13-,16-,17+/m1/s1. The molecule has 4 heterocycles. The lowest BCUT2D eigenvalue weighted by Crippen LogP contribution is -3.20. The van der Waals surface area contributed by atoms with E-state index in [4.69, 9.17) is 0 Å². The van der Waals surface area contributed by atoms with Gasteiger partial charge in [-0.2, -0.15) is 0 Å². The van der Waals surface area contributed by atoms with Gasteiger partial charge in [0.1, 0.15) is 18.3 Å². The first kappa shape index (κ1) is 17.0. The average Bonchev–Trinajstić information content (AvgIpc) is 3.10. The molecule has 7 heteroatoms. The van der Waals surface area contributed by atoms with Crippen LogP contribution in [-0.2, 0) is 17.9 Å². The lowest BCUT2D eigenvalue weighted by atomic mass is 9.75. The molecule has 1 amide bonds. The van der Waals surface area contributed by atoms with Crippen LogP contribution in [-0.4, -0.2) is 46.1 Å².